The third kappa shape index (κ3) is 2.68. The van der Waals surface area contributed by atoms with Crippen molar-refractivity contribution in [1.29, 1.82) is 0 Å². The lowest BCUT2D eigenvalue weighted by molar-refractivity contribution is 1.21. The second kappa shape index (κ2) is 4.91. The Kier molecular flexibility index (Phi) is 3.73. The molecule has 0 spiro atoms. The van der Waals surface area contributed by atoms with Crippen molar-refractivity contribution in [2.24, 2.45) is 0 Å². The Balaban J connectivity index is 2.37. The highest BCUT2D eigenvalue weighted by molar-refractivity contribution is 9.09. The van der Waals surface area contributed by atoms with Crippen LogP contribution in [0.3, 0.4) is 0 Å². The predicted octanol–water partition coefficient (Wildman–Crippen LogP) is 5.50. The molecule has 2 rings (SSSR count). The number of aryl methyl sites for hydroxylation is 2. The summed E-state index contributed by atoms with van der Waals surface area (Å²) in [6.07, 6.45) is 0. The zero-order valence-corrected chi connectivity index (χ0v) is 12.3. The van der Waals surface area contributed by atoms with E-state index in [4.69, 9.17) is 11.6 Å². The van der Waals surface area contributed by atoms with Crippen LogP contribution in [0.5, 0.6) is 0 Å². The molecule has 1 unspecified atom stereocenters. The Hall–Kier alpha value is -0.310. The summed E-state index contributed by atoms with van der Waals surface area (Å²) in [6, 6.07) is 10.5. The van der Waals surface area contributed by atoms with Gasteiger partial charge in [-0.1, -0.05) is 33.6 Å². The first-order valence-corrected chi connectivity index (χ1v) is 7.15. The van der Waals surface area contributed by atoms with E-state index in [0.29, 0.717) is 0 Å². The van der Waals surface area contributed by atoms with Crippen LogP contribution in [0.4, 0.5) is 0 Å². The highest BCUT2D eigenvalue weighted by atomic mass is 79.9. The van der Waals surface area contributed by atoms with Gasteiger partial charge in [-0.3, -0.25) is 0 Å². The molecule has 0 N–H and O–H groups in total. The van der Waals surface area contributed by atoms with Gasteiger partial charge in [-0.15, -0.1) is 11.3 Å². The van der Waals surface area contributed by atoms with E-state index in [0.717, 1.165) is 5.02 Å². The molecule has 0 fully saturated rings. The first kappa shape index (κ1) is 12.2. The van der Waals surface area contributed by atoms with Crippen LogP contribution < -0.4 is 0 Å². The molecule has 2 aromatic rings. The van der Waals surface area contributed by atoms with Gasteiger partial charge in [0.2, 0.25) is 0 Å². The third-order valence-electron chi connectivity index (χ3n) is 2.37. The Morgan fingerprint density at radius 3 is 2.50 bits per heavy atom. The summed E-state index contributed by atoms with van der Waals surface area (Å²) in [4.78, 5) is 2.89. The molecule has 3 heteroatoms. The van der Waals surface area contributed by atoms with Crippen molar-refractivity contribution in [3.63, 3.8) is 0 Å². The van der Waals surface area contributed by atoms with Gasteiger partial charge in [0, 0.05) is 14.8 Å². The van der Waals surface area contributed by atoms with Crippen LogP contribution >= 0.6 is 38.9 Å². The minimum atomic E-state index is 0.239. The highest BCUT2D eigenvalue weighted by Gasteiger charge is 2.13. The summed E-state index contributed by atoms with van der Waals surface area (Å²) in [7, 11) is 0. The molecule has 0 aliphatic heterocycles. The number of halogens is 2. The lowest BCUT2D eigenvalue weighted by Crippen LogP contribution is -1.90. The largest absolute Gasteiger partial charge is 0.144 e. The topological polar surface area (TPSA) is 0 Å². The molecule has 0 amide bonds. The molecule has 0 saturated heterocycles. The van der Waals surface area contributed by atoms with Crippen molar-refractivity contribution in [2.45, 2.75) is 18.7 Å². The van der Waals surface area contributed by atoms with Gasteiger partial charge in [-0.2, -0.15) is 0 Å². The van der Waals surface area contributed by atoms with E-state index in [2.05, 4.69) is 48.0 Å². The first-order chi connectivity index (χ1) is 7.56. The molecule has 1 aromatic heterocycles. The van der Waals surface area contributed by atoms with Gasteiger partial charge in [0.15, 0.2) is 0 Å². The molecule has 84 valence electrons. The van der Waals surface area contributed by atoms with Gasteiger partial charge in [0.25, 0.3) is 0 Å². The van der Waals surface area contributed by atoms with E-state index >= 15 is 0 Å². The Morgan fingerprint density at radius 1 is 1.19 bits per heavy atom. The predicted molar refractivity (Wildman–Crippen MR) is 76.0 cm³/mol. The Morgan fingerprint density at radius 2 is 1.94 bits per heavy atom. The van der Waals surface area contributed by atoms with E-state index in [-0.39, 0.29) is 4.83 Å². The van der Waals surface area contributed by atoms with Crippen LogP contribution in [0, 0.1) is 13.8 Å². The van der Waals surface area contributed by atoms with Gasteiger partial charge in [-0.25, -0.2) is 0 Å². The molecule has 1 aromatic carbocycles. The summed E-state index contributed by atoms with van der Waals surface area (Å²) in [6.45, 7) is 4.19. The highest BCUT2D eigenvalue weighted by Crippen LogP contribution is 2.36. The lowest BCUT2D eigenvalue weighted by atomic mass is 10.1. The SMILES string of the molecule is Cc1cc(Cl)cc(C(Br)c2ccc(C)s2)c1. The van der Waals surface area contributed by atoms with E-state index < -0.39 is 0 Å². The molecule has 16 heavy (non-hydrogen) atoms. The van der Waals surface area contributed by atoms with Crippen molar-refractivity contribution >= 4 is 38.9 Å². The average molecular weight is 316 g/mol. The minimum Gasteiger partial charge on any atom is -0.144 e. The van der Waals surface area contributed by atoms with Gasteiger partial charge < -0.3 is 0 Å². The fourth-order valence-electron chi connectivity index (χ4n) is 1.66. The number of rotatable bonds is 2. The van der Waals surface area contributed by atoms with Gasteiger partial charge in [-0.05, 0) is 49.2 Å². The lowest BCUT2D eigenvalue weighted by Gasteiger charge is -2.09. The van der Waals surface area contributed by atoms with Crippen molar-refractivity contribution in [1.82, 2.24) is 0 Å². The zero-order chi connectivity index (χ0) is 11.7. The summed E-state index contributed by atoms with van der Waals surface area (Å²) in [5.41, 5.74) is 2.41. The standard InChI is InChI=1S/C13H12BrClS/c1-8-5-10(7-11(15)6-8)13(14)12-4-3-9(2)16-12/h3-7,13H,1-2H3. The maximum Gasteiger partial charge on any atom is 0.0738 e. The molecule has 1 atom stereocenters. The van der Waals surface area contributed by atoms with Gasteiger partial charge in [0.1, 0.15) is 0 Å². The number of alkyl halides is 1. The summed E-state index contributed by atoms with van der Waals surface area (Å²) in [5, 5.41) is 0.799. The third-order valence-corrected chi connectivity index (χ3v) is 4.98. The van der Waals surface area contributed by atoms with Crippen LogP contribution in [-0.2, 0) is 0 Å². The average Bonchev–Trinajstić information content (AvgIpc) is 2.62. The van der Waals surface area contributed by atoms with E-state index in [9.17, 15) is 0 Å². The second-order valence-corrected chi connectivity index (χ2v) is 6.54. The number of benzene rings is 1. The van der Waals surface area contributed by atoms with Crippen molar-refractivity contribution in [3.05, 3.63) is 56.2 Å². The van der Waals surface area contributed by atoms with Crippen molar-refractivity contribution in [3.8, 4) is 0 Å². The van der Waals surface area contributed by atoms with Gasteiger partial charge >= 0.3 is 0 Å². The monoisotopic (exact) mass is 314 g/mol. The summed E-state index contributed by atoms with van der Waals surface area (Å²) < 4.78 is 0. The maximum atomic E-state index is 6.07. The molecular weight excluding hydrogens is 304 g/mol. The smallest absolute Gasteiger partial charge is 0.0738 e. The molecule has 0 saturated carbocycles. The minimum absolute atomic E-state index is 0.239. The summed E-state index contributed by atoms with van der Waals surface area (Å²) in [5.74, 6) is 0. The zero-order valence-electron chi connectivity index (χ0n) is 9.13. The van der Waals surface area contributed by atoms with Crippen LogP contribution in [0.15, 0.2) is 30.3 Å². The normalized spacial score (nSPS) is 12.8. The summed E-state index contributed by atoms with van der Waals surface area (Å²) >= 11 is 11.6. The Bertz CT molecular complexity index is 484. The fourth-order valence-corrected chi connectivity index (χ4v) is 3.54. The quantitative estimate of drug-likeness (QED) is 0.642. The van der Waals surface area contributed by atoms with Crippen LogP contribution in [-0.4, -0.2) is 0 Å². The molecular formula is C13H12BrClS. The molecule has 0 aliphatic carbocycles. The fraction of sp³-hybridized carbons (Fsp3) is 0.231. The maximum absolute atomic E-state index is 6.07. The van der Waals surface area contributed by atoms with Crippen LogP contribution in [0.25, 0.3) is 0 Å². The van der Waals surface area contributed by atoms with E-state index in [1.165, 1.54) is 20.9 Å². The molecule has 1 heterocycles. The molecule has 0 radical (unpaired) electrons. The first-order valence-electron chi connectivity index (χ1n) is 5.04. The van der Waals surface area contributed by atoms with Crippen molar-refractivity contribution in [2.75, 3.05) is 0 Å². The van der Waals surface area contributed by atoms with Crippen LogP contribution in [0.1, 0.15) is 25.7 Å². The van der Waals surface area contributed by atoms with Crippen LogP contribution in [0.2, 0.25) is 5.02 Å². The second-order valence-electron chi connectivity index (χ2n) is 3.87. The van der Waals surface area contributed by atoms with E-state index in [1.54, 1.807) is 0 Å². The number of hydrogen-bond acceptors (Lipinski definition) is 1. The molecule has 0 aliphatic rings. The van der Waals surface area contributed by atoms with E-state index in [1.807, 2.05) is 23.5 Å². The molecule has 0 nitrogen and oxygen atoms in total. The van der Waals surface area contributed by atoms with Crippen molar-refractivity contribution < 1.29 is 0 Å². The number of thiophene rings is 1. The van der Waals surface area contributed by atoms with Gasteiger partial charge in [0.05, 0.1) is 4.83 Å². The number of hydrogen-bond donors (Lipinski definition) is 0. The Labute approximate surface area is 113 Å². The molecule has 0 bridgehead atoms.